The lowest BCUT2D eigenvalue weighted by Gasteiger charge is -2.28. The molecule has 0 amide bonds. The number of rotatable bonds is 40. The molecular formula is C46H84NO9P. The van der Waals surface area contributed by atoms with Crippen molar-refractivity contribution in [3.8, 4) is 0 Å². The van der Waals surface area contributed by atoms with Crippen molar-refractivity contribution in [1.82, 2.24) is 0 Å². The molecule has 0 saturated heterocycles. The van der Waals surface area contributed by atoms with E-state index in [1.165, 1.54) is 64.2 Å². The maximum Gasteiger partial charge on any atom is 0.306 e. The number of likely N-dealkylation sites (N-methyl/N-ethyl adjacent to an activating group) is 1. The van der Waals surface area contributed by atoms with Crippen molar-refractivity contribution in [2.75, 3.05) is 47.5 Å². The molecule has 0 radical (unpaired) electrons. The molecule has 10 nitrogen and oxygen atoms in total. The maximum atomic E-state index is 12.7. The zero-order valence-corrected chi connectivity index (χ0v) is 37.8. The Morgan fingerprint density at radius 2 is 1.18 bits per heavy atom. The average Bonchev–Trinajstić information content (AvgIpc) is 3.15. The number of phosphoric acid groups is 1. The highest BCUT2D eigenvalue weighted by Gasteiger charge is 2.21. The summed E-state index contributed by atoms with van der Waals surface area (Å²) in [6, 6.07) is 0. The Morgan fingerprint density at radius 3 is 1.74 bits per heavy atom. The molecule has 0 aromatic rings. The standard InChI is InChI=1S/C46H84NO9P/c1-6-8-10-11-12-13-14-15-16-17-18-19-20-23-26-29-33-37-45(49)53-41-44(42-55-57(51,52)54-40-39-47(3,4)5)56-46(50)38-34-30-27-24-21-22-25-28-32-36-43(48)35-31-9-7-2/h9,15-16,25,28,31-32,36,43-44,48H,6-8,10-14,17-24,26-27,29-30,33-35,37-42H2,1-5H3/b16-15-,28-25+,31-9+,36-32+/t43?,44-/m1/s1. The Bertz CT molecular complexity index is 1130. The van der Waals surface area contributed by atoms with Gasteiger partial charge in [0.25, 0.3) is 7.82 Å². The number of quaternary nitrogens is 1. The van der Waals surface area contributed by atoms with Gasteiger partial charge in [0, 0.05) is 12.8 Å². The van der Waals surface area contributed by atoms with Crippen LogP contribution in [0.1, 0.15) is 174 Å². The SMILES string of the molecule is CC/C=C/CC(O)/C=C/C=C/CCCCCCCC(=O)O[C@H](COC(=O)CCCCCCCCC/C=C\CCCCCCCC)COP(=O)([O-])OCC[N+](C)(C)C. The highest BCUT2D eigenvalue weighted by Crippen LogP contribution is 2.38. The molecule has 57 heavy (non-hydrogen) atoms. The first-order valence-corrected chi connectivity index (χ1v) is 23.9. The normalized spacial score (nSPS) is 14.6. The van der Waals surface area contributed by atoms with E-state index in [4.69, 9.17) is 18.5 Å². The molecule has 0 aliphatic rings. The summed E-state index contributed by atoms with van der Waals surface area (Å²) in [5, 5.41) is 9.89. The number of aliphatic hydroxyl groups excluding tert-OH is 1. The van der Waals surface area contributed by atoms with Crippen LogP contribution in [-0.2, 0) is 32.7 Å². The minimum absolute atomic E-state index is 0.0465. The van der Waals surface area contributed by atoms with Crippen LogP contribution in [0.2, 0.25) is 0 Å². The Labute approximate surface area is 348 Å². The Morgan fingerprint density at radius 1 is 0.649 bits per heavy atom. The summed E-state index contributed by atoms with van der Waals surface area (Å²) < 4.78 is 33.8. The highest BCUT2D eigenvalue weighted by molar-refractivity contribution is 7.45. The zero-order valence-electron chi connectivity index (χ0n) is 36.9. The Balaban J connectivity index is 4.41. The first kappa shape index (κ1) is 54.9. The molecule has 332 valence electrons. The Kier molecular flexibility index (Phi) is 36.8. The van der Waals surface area contributed by atoms with Crippen LogP contribution in [0.3, 0.4) is 0 Å². The van der Waals surface area contributed by atoms with E-state index >= 15 is 0 Å². The third-order valence-corrected chi connectivity index (χ3v) is 10.4. The van der Waals surface area contributed by atoms with E-state index in [0.29, 0.717) is 30.3 Å². The van der Waals surface area contributed by atoms with Crippen molar-refractivity contribution in [1.29, 1.82) is 0 Å². The van der Waals surface area contributed by atoms with Gasteiger partial charge in [-0.05, 0) is 64.2 Å². The minimum Gasteiger partial charge on any atom is -0.756 e. The van der Waals surface area contributed by atoms with Crippen LogP contribution in [0, 0.1) is 0 Å². The largest absolute Gasteiger partial charge is 0.756 e. The van der Waals surface area contributed by atoms with Gasteiger partial charge in [0.15, 0.2) is 6.10 Å². The van der Waals surface area contributed by atoms with Crippen molar-refractivity contribution in [2.24, 2.45) is 0 Å². The highest BCUT2D eigenvalue weighted by atomic mass is 31.2. The van der Waals surface area contributed by atoms with Crippen molar-refractivity contribution >= 4 is 19.8 Å². The predicted octanol–water partition coefficient (Wildman–Crippen LogP) is 11.0. The van der Waals surface area contributed by atoms with Gasteiger partial charge < -0.3 is 33.0 Å². The number of phosphoric ester groups is 1. The fourth-order valence-electron chi connectivity index (χ4n) is 5.86. The summed E-state index contributed by atoms with van der Waals surface area (Å²) in [7, 11) is 1.11. The van der Waals surface area contributed by atoms with E-state index in [1.54, 1.807) is 6.08 Å². The van der Waals surface area contributed by atoms with Gasteiger partial charge in [-0.1, -0.05) is 146 Å². The van der Waals surface area contributed by atoms with Crippen molar-refractivity contribution in [3.05, 3.63) is 48.6 Å². The van der Waals surface area contributed by atoms with Crippen LogP contribution in [0.25, 0.3) is 0 Å². The van der Waals surface area contributed by atoms with Gasteiger partial charge in [-0.3, -0.25) is 14.2 Å². The second-order valence-corrected chi connectivity index (χ2v) is 17.6. The lowest BCUT2D eigenvalue weighted by atomic mass is 10.1. The van der Waals surface area contributed by atoms with Crippen molar-refractivity contribution < 1.29 is 47.2 Å². The fourth-order valence-corrected chi connectivity index (χ4v) is 6.59. The Hall–Kier alpha value is -2.07. The molecule has 0 saturated carbocycles. The number of allylic oxidation sites excluding steroid dienone is 6. The number of nitrogens with zero attached hydrogens (tertiary/aromatic N) is 1. The summed E-state index contributed by atoms with van der Waals surface area (Å²) in [5.41, 5.74) is 0. The summed E-state index contributed by atoms with van der Waals surface area (Å²) in [5.74, 6) is -0.894. The number of unbranched alkanes of at least 4 members (excludes halogenated alkanes) is 18. The van der Waals surface area contributed by atoms with E-state index in [0.717, 1.165) is 64.2 Å². The average molecular weight is 826 g/mol. The number of aliphatic hydroxyl groups is 1. The molecule has 0 aliphatic carbocycles. The minimum atomic E-state index is -4.65. The monoisotopic (exact) mass is 826 g/mol. The molecule has 0 bridgehead atoms. The number of hydrogen-bond acceptors (Lipinski definition) is 9. The predicted molar refractivity (Wildman–Crippen MR) is 233 cm³/mol. The molecule has 3 atom stereocenters. The molecule has 11 heteroatoms. The molecule has 0 heterocycles. The van der Waals surface area contributed by atoms with Gasteiger partial charge >= 0.3 is 11.9 Å². The topological polar surface area (TPSA) is 131 Å². The van der Waals surface area contributed by atoms with Gasteiger partial charge in [-0.25, -0.2) is 0 Å². The number of esters is 2. The van der Waals surface area contributed by atoms with Crippen LogP contribution < -0.4 is 4.89 Å². The summed E-state index contributed by atoms with van der Waals surface area (Å²) in [6.07, 6.45) is 40.4. The second-order valence-electron chi connectivity index (χ2n) is 16.2. The van der Waals surface area contributed by atoms with Crippen molar-refractivity contribution in [2.45, 2.75) is 187 Å². The van der Waals surface area contributed by atoms with E-state index < -0.39 is 38.6 Å². The molecule has 0 rings (SSSR count). The van der Waals surface area contributed by atoms with Gasteiger partial charge in [0.2, 0.25) is 0 Å². The molecule has 0 aromatic heterocycles. The molecule has 0 fully saturated rings. The molecule has 0 aliphatic heterocycles. The van der Waals surface area contributed by atoms with E-state index in [2.05, 4.69) is 32.1 Å². The first-order valence-electron chi connectivity index (χ1n) is 22.5. The molecular weight excluding hydrogens is 741 g/mol. The van der Waals surface area contributed by atoms with E-state index in [-0.39, 0.29) is 26.1 Å². The smallest absolute Gasteiger partial charge is 0.306 e. The van der Waals surface area contributed by atoms with Crippen LogP contribution in [0.4, 0.5) is 0 Å². The van der Waals surface area contributed by atoms with E-state index in [9.17, 15) is 24.2 Å². The molecule has 0 spiro atoms. The van der Waals surface area contributed by atoms with Crippen LogP contribution >= 0.6 is 7.82 Å². The van der Waals surface area contributed by atoms with Crippen LogP contribution in [0.5, 0.6) is 0 Å². The van der Waals surface area contributed by atoms with Crippen LogP contribution in [-0.4, -0.2) is 81.2 Å². The molecule has 1 N–H and O–H groups in total. The number of carbonyl (C=O) groups excluding carboxylic acids is 2. The number of hydrogen-bond donors (Lipinski definition) is 1. The fraction of sp³-hybridized carbons (Fsp3) is 0.783. The third-order valence-electron chi connectivity index (χ3n) is 9.41. The van der Waals surface area contributed by atoms with Crippen LogP contribution in [0.15, 0.2) is 48.6 Å². The van der Waals surface area contributed by atoms with Gasteiger partial charge in [0.1, 0.15) is 19.8 Å². The number of ether oxygens (including phenoxy) is 2. The van der Waals surface area contributed by atoms with E-state index in [1.807, 2.05) is 45.4 Å². The summed E-state index contributed by atoms with van der Waals surface area (Å²) >= 11 is 0. The summed E-state index contributed by atoms with van der Waals surface area (Å²) in [6.45, 7) is 3.96. The third kappa shape index (κ3) is 41.9. The summed E-state index contributed by atoms with van der Waals surface area (Å²) in [4.78, 5) is 37.5. The van der Waals surface area contributed by atoms with Gasteiger partial charge in [-0.15, -0.1) is 0 Å². The van der Waals surface area contributed by atoms with Gasteiger partial charge in [-0.2, -0.15) is 0 Å². The molecule has 0 aromatic carbocycles. The first-order chi connectivity index (χ1) is 27.4. The number of carbonyl (C=O) groups is 2. The molecule has 2 unspecified atom stereocenters. The second kappa shape index (κ2) is 38.2. The van der Waals surface area contributed by atoms with Crippen molar-refractivity contribution in [3.63, 3.8) is 0 Å². The van der Waals surface area contributed by atoms with Gasteiger partial charge in [0.05, 0.1) is 33.9 Å². The maximum absolute atomic E-state index is 12.7. The lowest BCUT2D eigenvalue weighted by Crippen LogP contribution is -2.37. The lowest BCUT2D eigenvalue weighted by molar-refractivity contribution is -0.870. The zero-order chi connectivity index (χ0) is 42.3. The quantitative estimate of drug-likeness (QED) is 0.0160.